The lowest BCUT2D eigenvalue weighted by molar-refractivity contribution is -0.118. The van der Waals surface area contributed by atoms with Crippen LogP contribution in [0.2, 0.25) is 0 Å². The van der Waals surface area contributed by atoms with Gasteiger partial charge in [-0.05, 0) is 37.3 Å². The van der Waals surface area contributed by atoms with Gasteiger partial charge in [0.1, 0.15) is 5.75 Å². The number of nitrogens with zero attached hydrogens (tertiary/aromatic N) is 4. The van der Waals surface area contributed by atoms with E-state index in [0.29, 0.717) is 11.0 Å². The molecular formula is C27H24N6O2S. The van der Waals surface area contributed by atoms with Crippen molar-refractivity contribution in [2.45, 2.75) is 12.1 Å². The minimum absolute atomic E-state index is 0.132. The van der Waals surface area contributed by atoms with Crippen LogP contribution in [0.25, 0.3) is 28.0 Å². The van der Waals surface area contributed by atoms with Crippen molar-refractivity contribution in [2.24, 2.45) is 5.10 Å². The summed E-state index contributed by atoms with van der Waals surface area (Å²) in [6.45, 7) is 2.04. The maximum Gasteiger partial charge on any atom is 0.250 e. The molecule has 5 rings (SSSR count). The van der Waals surface area contributed by atoms with Gasteiger partial charge in [0.2, 0.25) is 0 Å². The number of hydrazone groups is 1. The number of rotatable bonds is 8. The number of aromatic nitrogens is 4. The third kappa shape index (κ3) is 5.01. The van der Waals surface area contributed by atoms with Crippen LogP contribution in [-0.4, -0.2) is 44.7 Å². The zero-order valence-electron chi connectivity index (χ0n) is 19.8. The molecule has 9 heteroatoms. The highest BCUT2D eigenvalue weighted by atomic mass is 32.2. The van der Waals surface area contributed by atoms with E-state index in [9.17, 15) is 4.79 Å². The predicted molar refractivity (Wildman–Crippen MR) is 143 cm³/mol. The van der Waals surface area contributed by atoms with E-state index in [1.807, 2.05) is 90.5 Å². The summed E-state index contributed by atoms with van der Waals surface area (Å²) in [5.74, 6) is 1.34. The molecule has 2 heterocycles. The maximum absolute atomic E-state index is 12.5. The Balaban J connectivity index is 1.33. The summed E-state index contributed by atoms with van der Waals surface area (Å²) in [6.07, 6.45) is 3.50. The fourth-order valence-electron chi connectivity index (χ4n) is 3.75. The summed E-state index contributed by atoms with van der Waals surface area (Å²) in [6, 6.07) is 23.7. The number of benzene rings is 3. The molecule has 0 bridgehead atoms. The van der Waals surface area contributed by atoms with Crippen molar-refractivity contribution >= 4 is 34.8 Å². The highest BCUT2D eigenvalue weighted by molar-refractivity contribution is 7.99. The number of thioether (sulfide) groups is 1. The summed E-state index contributed by atoms with van der Waals surface area (Å²) >= 11 is 1.30. The van der Waals surface area contributed by atoms with Crippen LogP contribution in [0.1, 0.15) is 11.1 Å². The van der Waals surface area contributed by atoms with Gasteiger partial charge in [-0.25, -0.2) is 5.43 Å². The number of hydrogen-bond acceptors (Lipinski definition) is 6. The molecule has 0 spiro atoms. The zero-order chi connectivity index (χ0) is 24.9. The monoisotopic (exact) mass is 496 g/mol. The highest BCUT2D eigenvalue weighted by Gasteiger charge is 2.17. The van der Waals surface area contributed by atoms with E-state index in [0.717, 1.165) is 39.0 Å². The molecule has 2 aromatic heterocycles. The quantitative estimate of drug-likeness (QED) is 0.180. The van der Waals surface area contributed by atoms with Gasteiger partial charge in [-0.15, -0.1) is 10.2 Å². The van der Waals surface area contributed by atoms with Crippen LogP contribution < -0.4 is 10.2 Å². The van der Waals surface area contributed by atoms with Gasteiger partial charge in [0, 0.05) is 33.9 Å². The molecule has 8 nitrogen and oxygen atoms in total. The molecule has 0 aliphatic heterocycles. The third-order valence-electron chi connectivity index (χ3n) is 5.62. The minimum Gasteiger partial charge on any atom is -0.497 e. The van der Waals surface area contributed by atoms with Crippen LogP contribution in [0.4, 0.5) is 0 Å². The Bertz CT molecular complexity index is 1520. The number of methoxy groups -OCH3 is 1. The van der Waals surface area contributed by atoms with Gasteiger partial charge >= 0.3 is 0 Å². The number of para-hydroxylation sites is 1. The molecule has 0 aliphatic carbocycles. The number of nitrogens with one attached hydrogen (secondary N) is 2. The normalized spacial score (nSPS) is 11.3. The van der Waals surface area contributed by atoms with Crippen molar-refractivity contribution in [3.05, 3.63) is 90.1 Å². The summed E-state index contributed by atoms with van der Waals surface area (Å²) in [5.41, 5.74) is 7.48. The first-order valence-corrected chi connectivity index (χ1v) is 12.3. The van der Waals surface area contributed by atoms with Crippen LogP contribution in [0.3, 0.4) is 0 Å². The summed E-state index contributed by atoms with van der Waals surface area (Å²) in [4.78, 5) is 15.7. The van der Waals surface area contributed by atoms with E-state index in [1.54, 1.807) is 13.3 Å². The molecule has 0 unspecified atom stereocenters. The number of amides is 1. The number of carbonyl (C=O) groups excluding carboxylic acids is 1. The number of aryl methyl sites for hydroxylation is 1. The molecule has 3 aromatic carbocycles. The van der Waals surface area contributed by atoms with Gasteiger partial charge < -0.3 is 9.72 Å². The van der Waals surface area contributed by atoms with Crippen molar-refractivity contribution in [3.63, 3.8) is 0 Å². The Morgan fingerprint density at radius 2 is 1.86 bits per heavy atom. The topological polar surface area (TPSA) is 97.2 Å². The summed E-state index contributed by atoms with van der Waals surface area (Å²) in [5, 5.41) is 14.6. The second kappa shape index (κ2) is 10.5. The largest absolute Gasteiger partial charge is 0.497 e. The van der Waals surface area contributed by atoms with Crippen molar-refractivity contribution in [1.29, 1.82) is 0 Å². The Morgan fingerprint density at radius 1 is 1.08 bits per heavy atom. The number of aromatic amines is 1. The first-order valence-electron chi connectivity index (χ1n) is 11.3. The summed E-state index contributed by atoms with van der Waals surface area (Å²) < 4.78 is 7.24. The van der Waals surface area contributed by atoms with Crippen LogP contribution in [-0.2, 0) is 4.79 Å². The van der Waals surface area contributed by atoms with E-state index >= 15 is 0 Å². The molecule has 36 heavy (non-hydrogen) atoms. The van der Waals surface area contributed by atoms with E-state index < -0.39 is 0 Å². The Labute approximate surface area is 212 Å². The van der Waals surface area contributed by atoms with Gasteiger partial charge in [0.05, 0.1) is 19.1 Å². The number of ether oxygens (including phenoxy) is 1. The molecule has 180 valence electrons. The van der Waals surface area contributed by atoms with E-state index in [2.05, 4.69) is 25.7 Å². The van der Waals surface area contributed by atoms with Gasteiger partial charge in [0.25, 0.3) is 5.91 Å². The standard InChI is InChI=1S/C27H24N6O2S/c1-18-7-9-19(10-8-18)26-31-32-27(33(26)21-11-13-22(35-2)14-12-21)36-17-25(34)30-29-16-20-15-28-24-6-4-3-5-23(20)24/h3-16,28H,17H2,1-2H3,(H,30,34). The minimum atomic E-state index is -0.239. The Kier molecular flexibility index (Phi) is 6.81. The lowest BCUT2D eigenvalue weighted by Crippen LogP contribution is -2.20. The molecule has 1 amide bonds. The zero-order valence-corrected chi connectivity index (χ0v) is 20.6. The molecule has 0 radical (unpaired) electrons. The number of H-pyrrole nitrogens is 1. The smallest absolute Gasteiger partial charge is 0.250 e. The van der Waals surface area contributed by atoms with Gasteiger partial charge in [-0.3, -0.25) is 9.36 Å². The van der Waals surface area contributed by atoms with Crippen LogP contribution in [0.5, 0.6) is 5.75 Å². The fraction of sp³-hybridized carbons (Fsp3) is 0.111. The van der Waals surface area contributed by atoms with E-state index in [1.165, 1.54) is 11.8 Å². The van der Waals surface area contributed by atoms with Crippen molar-refractivity contribution in [1.82, 2.24) is 25.2 Å². The van der Waals surface area contributed by atoms with Crippen LogP contribution in [0.15, 0.2) is 89.3 Å². The summed E-state index contributed by atoms with van der Waals surface area (Å²) in [7, 11) is 1.63. The second-order valence-electron chi connectivity index (χ2n) is 8.08. The molecule has 5 aromatic rings. The third-order valence-corrected chi connectivity index (χ3v) is 6.55. The molecule has 0 saturated heterocycles. The van der Waals surface area contributed by atoms with Crippen LogP contribution in [0, 0.1) is 6.92 Å². The molecule has 2 N–H and O–H groups in total. The van der Waals surface area contributed by atoms with Crippen molar-refractivity contribution < 1.29 is 9.53 Å². The van der Waals surface area contributed by atoms with Gasteiger partial charge in [0.15, 0.2) is 11.0 Å². The lowest BCUT2D eigenvalue weighted by Gasteiger charge is -2.11. The van der Waals surface area contributed by atoms with Gasteiger partial charge in [-0.1, -0.05) is 59.8 Å². The Morgan fingerprint density at radius 3 is 2.64 bits per heavy atom. The Hall–Kier alpha value is -4.37. The molecule has 0 saturated carbocycles. The first-order chi connectivity index (χ1) is 17.6. The SMILES string of the molecule is COc1ccc(-n2c(SCC(=O)NN=Cc3c[nH]c4ccccc34)nnc2-c2ccc(C)cc2)cc1. The van der Waals surface area contributed by atoms with E-state index in [-0.39, 0.29) is 11.7 Å². The number of carbonyl (C=O) groups is 1. The lowest BCUT2D eigenvalue weighted by atomic mass is 10.1. The molecule has 0 aliphatic rings. The van der Waals surface area contributed by atoms with Crippen LogP contribution >= 0.6 is 11.8 Å². The molecule has 0 atom stereocenters. The highest BCUT2D eigenvalue weighted by Crippen LogP contribution is 2.29. The molecular weight excluding hydrogens is 472 g/mol. The van der Waals surface area contributed by atoms with E-state index in [4.69, 9.17) is 4.74 Å². The average Bonchev–Trinajstić information content (AvgIpc) is 3.52. The number of fused-ring (bicyclic) bond motifs is 1. The fourth-order valence-corrected chi connectivity index (χ4v) is 4.50. The maximum atomic E-state index is 12.5. The first kappa shape index (κ1) is 23.4. The van der Waals surface area contributed by atoms with Crippen molar-refractivity contribution in [3.8, 4) is 22.8 Å². The average molecular weight is 497 g/mol. The van der Waals surface area contributed by atoms with Crippen molar-refractivity contribution in [2.75, 3.05) is 12.9 Å². The number of hydrogen-bond donors (Lipinski definition) is 2. The second-order valence-corrected chi connectivity index (χ2v) is 9.02. The molecule has 0 fully saturated rings. The predicted octanol–water partition coefficient (Wildman–Crippen LogP) is 4.98. The van der Waals surface area contributed by atoms with Gasteiger partial charge in [-0.2, -0.15) is 5.10 Å².